The van der Waals surface area contributed by atoms with E-state index < -0.39 is 0 Å². The second-order valence-corrected chi connectivity index (χ2v) is 6.44. The summed E-state index contributed by atoms with van der Waals surface area (Å²) in [5.41, 5.74) is 0. The Balaban J connectivity index is 0.00000225. The van der Waals surface area contributed by atoms with Gasteiger partial charge in [-0.1, -0.05) is 0 Å². The number of carbonyl (C=O) groups is 1. The molecular weight excluding hydrogens is 433 g/mol. The van der Waals surface area contributed by atoms with Crippen molar-refractivity contribution in [1.82, 2.24) is 20.0 Å². The Hall–Kier alpha value is -1.29. The second-order valence-electron chi connectivity index (χ2n) is 6.44. The molecule has 0 radical (unpaired) electrons. The molecule has 1 saturated heterocycles. The van der Waals surface area contributed by atoms with Gasteiger partial charge >= 0.3 is 0 Å². The Labute approximate surface area is 166 Å². The van der Waals surface area contributed by atoms with Crippen molar-refractivity contribution in [3.63, 3.8) is 0 Å². The molecule has 0 bridgehead atoms. The molecule has 1 N–H and O–H groups in total. The number of hydrogen-bond donors (Lipinski definition) is 1. The third-order valence-corrected chi connectivity index (χ3v) is 4.73. The molecule has 140 valence electrons. The summed E-state index contributed by atoms with van der Waals surface area (Å²) in [5, 5.41) is 3.44. The van der Waals surface area contributed by atoms with E-state index in [2.05, 4.69) is 27.2 Å². The predicted molar refractivity (Wildman–Crippen MR) is 109 cm³/mol. The fourth-order valence-corrected chi connectivity index (χ4v) is 3.05. The first-order valence-electron chi connectivity index (χ1n) is 8.67. The van der Waals surface area contributed by atoms with Crippen LogP contribution in [0.15, 0.2) is 27.8 Å². The zero-order chi connectivity index (χ0) is 16.9. The Morgan fingerprint density at radius 2 is 2.00 bits per heavy atom. The van der Waals surface area contributed by atoms with Crippen LogP contribution in [0, 0.1) is 0 Å². The highest BCUT2D eigenvalue weighted by atomic mass is 127. The van der Waals surface area contributed by atoms with Gasteiger partial charge in [-0.2, -0.15) is 0 Å². The molecule has 2 heterocycles. The molecule has 25 heavy (non-hydrogen) atoms. The number of rotatable bonds is 5. The number of furan rings is 1. The lowest BCUT2D eigenvalue weighted by atomic mass is 10.3. The van der Waals surface area contributed by atoms with E-state index in [9.17, 15) is 4.79 Å². The lowest BCUT2D eigenvalue weighted by Gasteiger charge is -2.36. The van der Waals surface area contributed by atoms with Crippen LogP contribution in [0.3, 0.4) is 0 Å². The summed E-state index contributed by atoms with van der Waals surface area (Å²) in [6, 6.07) is 4.24. The van der Waals surface area contributed by atoms with E-state index in [0.29, 0.717) is 18.8 Å². The first-order valence-corrected chi connectivity index (χ1v) is 8.67. The fourth-order valence-electron chi connectivity index (χ4n) is 3.05. The van der Waals surface area contributed by atoms with Crippen molar-refractivity contribution in [2.45, 2.75) is 18.9 Å². The molecule has 1 aliphatic carbocycles. The van der Waals surface area contributed by atoms with Gasteiger partial charge < -0.3 is 24.4 Å². The molecule has 0 spiro atoms. The number of piperazine rings is 1. The summed E-state index contributed by atoms with van der Waals surface area (Å²) in [7, 11) is 3.99. The van der Waals surface area contributed by atoms with E-state index in [1.54, 1.807) is 12.1 Å². The summed E-state index contributed by atoms with van der Waals surface area (Å²) in [6.45, 7) is 4.85. The smallest absolute Gasteiger partial charge is 0.289 e. The second kappa shape index (κ2) is 9.42. The van der Waals surface area contributed by atoms with Crippen LogP contribution in [0.1, 0.15) is 23.4 Å². The predicted octanol–water partition coefficient (Wildman–Crippen LogP) is 1.33. The molecule has 1 aromatic heterocycles. The Bertz CT molecular complexity index is 566. The van der Waals surface area contributed by atoms with Crippen LogP contribution in [0.5, 0.6) is 0 Å². The first kappa shape index (κ1) is 20.0. The lowest BCUT2D eigenvalue weighted by molar-refractivity contribution is 0.0657. The Kier molecular flexibility index (Phi) is 7.55. The van der Waals surface area contributed by atoms with Gasteiger partial charge in [0.25, 0.3) is 5.91 Å². The van der Waals surface area contributed by atoms with Gasteiger partial charge in [-0.05, 0) is 32.0 Å². The molecule has 2 fully saturated rings. The van der Waals surface area contributed by atoms with E-state index in [4.69, 9.17) is 4.42 Å². The average Bonchev–Trinajstić information content (AvgIpc) is 3.33. The maximum Gasteiger partial charge on any atom is 0.289 e. The molecular formula is C17H28IN5O2. The van der Waals surface area contributed by atoms with Gasteiger partial charge in [0, 0.05) is 52.4 Å². The van der Waals surface area contributed by atoms with Crippen molar-refractivity contribution in [3.8, 4) is 0 Å². The molecule has 1 aliphatic heterocycles. The third kappa shape index (κ3) is 5.34. The van der Waals surface area contributed by atoms with Crippen molar-refractivity contribution in [2.75, 3.05) is 53.4 Å². The van der Waals surface area contributed by atoms with Gasteiger partial charge in [0.05, 0.1) is 6.26 Å². The number of hydrogen-bond acceptors (Lipinski definition) is 4. The van der Waals surface area contributed by atoms with Crippen molar-refractivity contribution < 1.29 is 9.21 Å². The number of nitrogens with one attached hydrogen (secondary N) is 1. The van der Waals surface area contributed by atoms with Crippen molar-refractivity contribution in [1.29, 1.82) is 0 Å². The summed E-state index contributed by atoms with van der Waals surface area (Å²) in [4.78, 5) is 23.1. The molecule has 1 amide bonds. The van der Waals surface area contributed by atoms with E-state index in [0.717, 1.165) is 38.2 Å². The molecule has 2 aliphatic rings. The number of aliphatic imine (C=N–C) groups is 1. The van der Waals surface area contributed by atoms with Gasteiger partial charge in [-0.25, -0.2) is 0 Å². The maximum absolute atomic E-state index is 12.3. The molecule has 0 atom stereocenters. The summed E-state index contributed by atoms with van der Waals surface area (Å²) >= 11 is 0. The number of amides is 1. The van der Waals surface area contributed by atoms with Gasteiger partial charge in [-0.3, -0.25) is 9.79 Å². The summed E-state index contributed by atoms with van der Waals surface area (Å²) in [6.07, 6.45) is 4.20. The molecule has 8 heteroatoms. The minimum atomic E-state index is -0.0337. The van der Waals surface area contributed by atoms with Crippen molar-refractivity contribution in [3.05, 3.63) is 24.2 Å². The zero-order valence-corrected chi connectivity index (χ0v) is 17.3. The fraction of sp³-hybridized carbons (Fsp3) is 0.647. The number of nitrogens with zero attached hydrogens (tertiary/aromatic N) is 4. The average molecular weight is 461 g/mol. The number of guanidine groups is 1. The molecule has 1 saturated carbocycles. The van der Waals surface area contributed by atoms with Crippen LogP contribution >= 0.6 is 24.0 Å². The van der Waals surface area contributed by atoms with Crippen LogP contribution < -0.4 is 5.32 Å². The lowest BCUT2D eigenvalue weighted by Crippen LogP contribution is -2.54. The quantitative estimate of drug-likeness (QED) is 0.407. The van der Waals surface area contributed by atoms with Crippen LogP contribution in [-0.2, 0) is 0 Å². The summed E-state index contributed by atoms with van der Waals surface area (Å²) < 4.78 is 5.20. The highest BCUT2D eigenvalue weighted by molar-refractivity contribution is 14.0. The molecule has 0 unspecified atom stereocenters. The standard InChI is InChI=1S/C17H27N5O2.HI/c1-18-17(19-7-8-20(2)14-5-6-14)22-11-9-21(10-12-22)16(23)15-4-3-13-24-15;/h3-4,13-14H,5-12H2,1-2H3,(H,18,19);1H. The minimum absolute atomic E-state index is 0. The molecule has 3 rings (SSSR count). The van der Waals surface area contributed by atoms with Crippen molar-refractivity contribution in [2.24, 2.45) is 4.99 Å². The van der Waals surface area contributed by atoms with E-state index in [1.165, 1.54) is 19.1 Å². The van der Waals surface area contributed by atoms with Crippen LogP contribution in [0.4, 0.5) is 0 Å². The molecule has 0 aromatic carbocycles. The highest BCUT2D eigenvalue weighted by Crippen LogP contribution is 2.24. The Morgan fingerprint density at radius 3 is 2.56 bits per heavy atom. The monoisotopic (exact) mass is 461 g/mol. The first-order chi connectivity index (χ1) is 11.7. The van der Waals surface area contributed by atoms with Crippen LogP contribution in [0.2, 0.25) is 0 Å². The molecule has 1 aromatic rings. The van der Waals surface area contributed by atoms with E-state index in [-0.39, 0.29) is 29.9 Å². The maximum atomic E-state index is 12.3. The van der Waals surface area contributed by atoms with Gasteiger partial charge in [0.1, 0.15) is 0 Å². The Morgan fingerprint density at radius 1 is 1.32 bits per heavy atom. The van der Waals surface area contributed by atoms with Gasteiger partial charge in [0.2, 0.25) is 0 Å². The van der Waals surface area contributed by atoms with Crippen LogP contribution in [-0.4, -0.2) is 86.0 Å². The molecule has 7 nitrogen and oxygen atoms in total. The van der Waals surface area contributed by atoms with E-state index >= 15 is 0 Å². The number of carbonyl (C=O) groups excluding carboxylic acids is 1. The minimum Gasteiger partial charge on any atom is -0.459 e. The third-order valence-electron chi connectivity index (χ3n) is 4.73. The van der Waals surface area contributed by atoms with Crippen molar-refractivity contribution >= 4 is 35.8 Å². The van der Waals surface area contributed by atoms with Crippen LogP contribution in [0.25, 0.3) is 0 Å². The summed E-state index contributed by atoms with van der Waals surface area (Å²) in [5.74, 6) is 1.30. The SMILES string of the molecule is CN=C(NCCN(C)C1CC1)N1CCN(C(=O)c2ccco2)CC1.I. The van der Waals surface area contributed by atoms with E-state index in [1.807, 2.05) is 11.9 Å². The zero-order valence-electron chi connectivity index (χ0n) is 15.0. The van der Waals surface area contributed by atoms with Gasteiger partial charge in [-0.15, -0.1) is 24.0 Å². The largest absolute Gasteiger partial charge is 0.459 e. The topological polar surface area (TPSA) is 64.3 Å². The highest BCUT2D eigenvalue weighted by Gasteiger charge is 2.27. The number of likely N-dealkylation sites (N-methyl/N-ethyl adjacent to an activating group) is 1. The van der Waals surface area contributed by atoms with Gasteiger partial charge in [0.15, 0.2) is 11.7 Å². The number of halogens is 1. The normalized spacial score (nSPS) is 18.3.